The molecule has 3 heterocycles. The van der Waals surface area contributed by atoms with Crippen molar-refractivity contribution in [1.82, 2.24) is 4.98 Å². The summed E-state index contributed by atoms with van der Waals surface area (Å²) < 4.78 is 83.6. The van der Waals surface area contributed by atoms with Gasteiger partial charge in [-0.1, -0.05) is 133 Å². The van der Waals surface area contributed by atoms with Gasteiger partial charge in [0.1, 0.15) is 36.3 Å². The second-order valence-corrected chi connectivity index (χ2v) is 15.7. The fourth-order valence-corrected chi connectivity index (χ4v) is 8.27. The van der Waals surface area contributed by atoms with Crippen LogP contribution in [-0.4, -0.2) is 36.0 Å². The number of halogens is 3. The maximum atomic E-state index is 14.7. The van der Waals surface area contributed by atoms with Crippen molar-refractivity contribution >= 4 is 11.3 Å². The van der Waals surface area contributed by atoms with E-state index in [0.29, 0.717) is 22.9 Å². The molecule has 0 amide bonds. The molecule has 0 unspecified atom stereocenters. The van der Waals surface area contributed by atoms with Gasteiger partial charge in [-0.3, -0.25) is 0 Å². The van der Waals surface area contributed by atoms with Crippen molar-refractivity contribution in [3.63, 3.8) is 0 Å². The second kappa shape index (κ2) is 19.8. The lowest BCUT2D eigenvalue weighted by Crippen LogP contribution is -2.58. The van der Waals surface area contributed by atoms with Gasteiger partial charge in [-0.2, -0.15) is 13.2 Å². The number of alkyl halides is 3. The highest BCUT2D eigenvalue weighted by molar-refractivity contribution is 7.15. The van der Waals surface area contributed by atoms with E-state index in [1.54, 1.807) is 30.7 Å². The smallest absolute Gasteiger partial charge is 0.416 e. The van der Waals surface area contributed by atoms with Crippen LogP contribution in [0.5, 0.6) is 0 Å². The Morgan fingerprint density at radius 2 is 1.15 bits per heavy atom. The summed E-state index contributed by atoms with van der Waals surface area (Å²) in [6, 6.07) is 46.9. The van der Waals surface area contributed by atoms with Crippen LogP contribution < -0.4 is 0 Å². The minimum absolute atomic E-state index is 0.0588. The number of rotatable bonds is 17. The van der Waals surface area contributed by atoms with Gasteiger partial charge in [-0.25, -0.2) is 4.98 Å². The number of hydrogen-bond donors (Lipinski definition) is 0. The number of nitrogens with zero attached hydrogens (tertiary/aromatic N) is 1. The summed E-state index contributed by atoms with van der Waals surface area (Å²) in [5, 5.41) is 0.510. The molecule has 8 rings (SSSR count). The van der Waals surface area contributed by atoms with Crippen molar-refractivity contribution in [2.75, 3.05) is 6.61 Å². The third-order valence-corrected chi connectivity index (χ3v) is 11.3. The number of thiazole rings is 1. The first-order valence-corrected chi connectivity index (χ1v) is 20.6. The van der Waals surface area contributed by atoms with Gasteiger partial charge in [0, 0.05) is 12.6 Å². The standard InChI is InChI=1S/C49H44F3NO6S/c50-49(51,52)40-24-23-38(26-39(40)27-44-53-28-43(60-44)41-22-13-25-55-41)45-47(57-31-36-18-9-3-10-19-36)48(58-32-37-20-11-4-12-21-37)46(56-30-35-16-7-2-8-17-35)42(59-45)33-54-29-34-14-5-1-6-15-34/h1-26,28,42,45-48H,27,29-33H2/t42-,45+,46-,47+,48+/m1/s1. The summed E-state index contributed by atoms with van der Waals surface area (Å²) in [5.74, 6) is 0.601. The summed E-state index contributed by atoms with van der Waals surface area (Å²) in [7, 11) is 0. The van der Waals surface area contributed by atoms with E-state index in [9.17, 15) is 13.2 Å². The van der Waals surface area contributed by atoms with E-state index in [0.717, 1.165) is 33.2 Å². The molecule has 0 bridgehead atoms. The zero-order valence-corrected chi connectivity index (χ0v) is 33.5. The molecule has 1 saturated heterocycles. The fourth-order valence-electron chi connectivity index (χ4n) is 7.36. The van der Waals surface area contributed by atoms with Gasteiger partial charge in [-0.15, -0.1) is 11.3 Å². The van der Waals surface area contributed by atoms with E-state index in [1.807, 2.05) is 121 Å². The molecule has 308 valence electrons. The molecule has 1 fully saturated rings. The first-order valence-electron chi connectivity index (χ1n) is 19.8. The van der Waals surface area contributed by atoms with E-state index >= 15 is 0 Å². The van der Waals surface area contributed by atoms with Crippen LogP contribution in [0.1, 0.15) is 50.1 Å². The largest absolute Gasteiger partial charge is 0.463 e. The van der Waals surface area contributed by atoms with Crippen molar-refractivity contribution < 1.29 is 41.3 Å². The summed E-state index contributed by atoms with van der Waals surface area (Å²) in [6.45, 7) is 1.11. The second-order valence-electron chi connectivity index (χ2n) is 14.6. The van der Waals surface area contributed by atoms with Gasteiger partial charge in [0.2, 0.25) is 0 Å². The Labute approximate surface area is 351 Å². The minimum Gasteiger partial charge on any atom is -0.463 e. The van der Waals surface area contributed by atoms with Crippen LogP contribution in [-0.2, 0) is 62.7 Å². The number of aromatic nitrogens is 1. The van der Waals surface area contributed by atoms with Gasteiger partial charge < -0.3 is 28.1 Å². The molecule has 1 aliphatic heterocycles. The molecule has 5 atom stereocenters. The lowest BCUT2D eigenvalue weighted by atomic mass is 9.88. The number of benzene rings is 5. The van der Waals surface area contributed by atoms with E-state index in [4.69, 9.17) is 28.1 Å². The average molecular weight is 832 g/mol. The highest BCUT2D eigenvalue weighted by atomic mass is 32.1. The van der Waals surface area contributed by atoms with Crippen molar-refractivity contribution in [1.29, 1.82) is 0 Å². The monoisotopic (exact) mass is 831 g/mol. The summed E-state index contributed by atoms with van der Waals surface area (Å²) in [5.41, 5.74) is 3.61. The zero-order valence-electron chi connectivity index (χ0n) is 32.7. The van der Waals surface area contributed by atoms with Gasteiger partial charge in [0.05, 0.1) is 54.7 Å². The lowest BCUT2D eigenvalue weighted by molar-refractivity contribution is -0.275. The van der Waals surface area contributed by atoms with Crippen molar-refractivity contribution in [3.8, 4) is 10.6 Å². The van der Waals surface area contributed by atoms with Crippen molar-refractivity contribution in [2.45, 2.75) is 69.5 Å². The van der Waals surface area contributed by atoms with Crippen molar-refractivity contribution in [3.05, 3.63) is 208 Å². The molecule has 11 heteroatoms. The Balaban J connectivity index is 1.19. The molecule has 7 aromatic rings. The molecule has 0 N–H and O–H groups in total. The number of ether oxygens (including phenoxy) is 5. The van der Waals surface area contributed by atoms with E-state index in [-0.39, 0.29) is 38.4 Å². The first kappa shape index (κ1) is 41.3. The van der Waals surface area contributed by atoms with Crippen molar-refractivity contribution in [2.24, 2.45) is 0 Å². The van der Waals surface area contributed by atoms with Crippen LogP contribution in [0.25, 0.3) is 10.6 Å². The molecule has 7 nitrogen and oxygen atoms in total. The third kappa shape index (κ3) is 10.7. The van der Waals surface area contributed by atoms with Crippen LogP contribution in [0, 0.1) is 0 Å². The predicted molar refractivity (Wildman–Crippen MR) is 223 cm³/mol. The van der Waals surface area contributed by atoms with Crippen LogP contribution in [0.2, 0.25) is 0 Å². The highest BCUT2D eigenvalue weighted by Gasteiger charge is 2.49. The molecular formula is C49H44F3NO6S. The maximum Gasteiger partial charge on any atom is 0.416 e. The first-order chi connectivity index (χ1) is 29.4. The topological polar surface area (TPSA) is 72.2 Å². The van der Waals surface area contributed by atoms with Gasteiger partial charge in [0.25, 0.3) is 0 Å². The normalized spacial score (nSPS) is 19.4. The van der Waals surface area contributed by atoms with Crippen LogP contribution in [0.15, 0.2) is 169 Å². The molecule has 0 aliphatic carbocycles. The van der Waals surface area contributed by atoms with Gasteiger partial charge in [0.15, 0.2) is 0 Å². The Bertz CT molecular complexity index is 2340. The molecule has 5 aromatic carbocycles. The number of hydrogen-bond acceptors (Lipinski definition) is 8. The lowest BCUT2D eigenvalue weighted by Gasteiger charge is -2.46. The Morgan fingerprint density at radius 1 is 0.600 bits per heavy atom. The molecular weight excluding hydrogens is 788 g/mol. The molecule has 0 radical (unpaired) electrons. The Kier molecular flexibility index (Phi) is 13.6. The quantitative estimate of drug-likeness (QED) is 0.0905. The minimum atomic E-state index is -4.61. The van der Waals surface area contributed by atoms with E-state index in [2.05, 4.69) is 4.98 Å². The van der Waals surface area contributed by atoms with Crippen LogP contribution in [0.3, 0.4) is 0 Å². The molecule has 2 aromatic heterocycles. The molecule has 0 spiro atoms. The molecule has 1 aliphatic rings. The molecule has 0 saturated carbocycles. The van der Waals surface area contributed by atoms with E-state index < -0.39 is 42.3 Å². The third-order valence-electron chi connectivity index (χ3n) is 10.3. The highest BCUT2D eigenvalue weighted by Crippen LogP contribution is 2.42. The fraction of sp³-hybridized carbons (Fsp3) is 0.245. The Morgan fingerprint density at radius 3 is 1.70 bits per heavy atom. The van der Waals surface area contributed by atoms with Gasteiger partial charge in [-0.05, 0) is 51.6 Å². The van der Waals surface area contributed by atoms with Gasteiger partial charge >= 0.3 is 6.18 Å². The summed E-state index contributed by atoms with van der Waals surface area (Å²) in [6.07, 6.45) is -5.36. The zero-order chi connectivity index (χ0) is 41.2. The average Bonchev–Trinajstić information content (AvgIpc) is 3.99. The molecule has 60 heavy (non-hydrogen) atoms. The summed E-state index contributed by atoms with van der Waals surface area (Å²) >= 11 is 1.29. The SMILES string of the molecule is FC(F)(F)c1ccc([C@@H]2O[C@H](COCc3ccccc3)[C@@H](OCc3ccccc3)[C@H](OCc3ccccc3)[C@H]2OCc2ccccc2)cc1Cc1ncc(-c2ccco2)s1. The summed E-state index contributed by atoms with van der Waals surface area (Å²) in [4.78, 5) is 5.21. The number of furan rings is 1. The van der Waals surface area contributed by atoms with E-state index in [1.165, 1.54) is 17.4 Å². The Hall–Kier alpha value is -5.40. The van der Waals surface area contributed by atoms with Crippen LogP contribution >= 0.6 is 11.3 Å². The van der Waals surface area contributed by atoms with Crippen LogP contribution in [0.4, 0.5) is 13.2 Å². The maximum absolute atomic E-state index is 14.7. The predicted octanol–water partition coefficient (Wildman–Crippen LogP) is 11.4.